The van der Waals surface area contributed by atoms with E-state index in [0.717, 1.165) is 12.1 Å². The summed E-state index contributed by atoms with van der Waals surface area (Å²) >= 11 is 0. The van der Waals surface area contributed by atoms with E-state index in [2.05, 4.69) is 25.0 Å². The number of nitriles is 1. The average Bonchev–Trinajstić information content (AvgIpc) is 2.92. The van der Waals surface area contributed by atoms with Gasteiger partial charge in [-0.15, -0.1) is 4.95 Å². The van der Waals surface area contributed by atoms with Gasteiger partial charge in [0, 0.05) is 22.3 Å². The lowest BCUT2D eigenvalue weighted by atomic mass is 9.87. The Morgan fingerprint density at radius 2 is 1.14 bits per heavy atom. The minimum atomic E-state index is -5.04. The topological polar surface area (TPSA) is 78.6 Å². The third-order valence-electron chi connectivity index (χ3n) is 6.19. The number of benzene rings is 3. The Kier molecular flexibility index (Phi) is 6.78. The molecule has 0 fully saturated rings. The Morgan fingerprint density at radius 3 is 1.55 bits per heavy atom. The summed E-state index contributed by atoms with van der Waals surface area (Å²) < 4.78 is 109. The van der Waals surface area contributed by atoms with Gasteiger partial charge in [-0.2, -0.15) is 43.2 Å². The minimum absolute atomic E-state index is 0.0706. The second kappa shape index (κ2) is 10.2. The van der Waals surface area contributed by atoms with Crippen LogP contribution in [0.4, 0.5) is 35.1 Å². The summed E-state index contributed by atoms with van der Waals surface area (Å²) in [5.41, 5.74) is -4.43. The van der Waals surface area contributed by atoms with Crippen LogP contribution in [0.5, 0.6) is 0 Å². The molecule has 0 atom stereocenters. The second-order valence-corrected chi connectivity index (χ2v) is 8.66. The Bertz CT molecular complexity index is 1770. The van der Waals surface area contributed by atoms with Gasteiger partial charge in [0.2, 0.25) is 6.19 Å². The van der Waals surface area contributed by atoms with E-state index in [1.54, 1.807) is 18.3 Å². The molecule has 0 radical (unpaired) electrons. The average molecular weight is 582 g/mol. The van der Waals surface area contributed by atoms with Crippen molar-refractivity contribution >= 4 is 11.4 Å². The molecule has 0 bridgehead atoms. The Morgan fingerprint density at radius 1 is 0.690 bits per heavy atom. The summed E-state index contributed by atoms with van der Waals surface area (Å²) in [5, 5.41) is 13.1. The predicted molar refractivity (Wildman–Crippen MR) is 133 cm³/mol. The molecule has 1 heterocycles. The number of rotatable bonds is 2. The van der Waals surface area contributed by atoms with Gasteiger partial charge in [-0.3, -0.25) is 0 Å². The Labute approximate surface area is 230 Å². The van der Waals surface area contributed by atoms with Gasteiger partial charge in [-0.1, -0.05) is 36.4 Å². The van der Waals surface area contributed by atoms with E-state index >= 15 is 0 Å². The quantitative estimate of drug-likeness (QED) is 0.0940. The lowest BCUT2D eigenvalue weighted by Gasteiger charge is -2.22. The maximum Gasteiger partial charge on any atom is 0.419 e. The molecule has 4 aromatic rings. The van der Waals surface area contributed by atoms with Crippen molar-refractivity contribution in [1.29, 1.82) is 5.26 Å². The number of hydrogen-bond acceptors (Lipinski definition) is 5. The first-order valence-corrected chi connectivity index (χ1v) is 11.5. The van der Waals surface area contributed by atoms with Crippen LogP contribution in [0.2, 0.25) is 0 Å². The van der Waals surface area contributed by atoms with Gasteiger partial charge < -0.3 is 0 Å². The number of aliphatic imine (C=N–C) groups is 1. The molecule has 3 aromatic carbocycles. The molecule has 0 amide bonds. The zero-order valence-electron chi connectivity index (χ0n) is 20.5. The van der Waals surface area contributed by atoms with E-state index in [1.165, 1.54) is 12.1 Å². The standard InChI is InChI=1S/C28H10F8N6/c1-38-42-24-16-5-3-2-4-15(16)23(39-12-37)25-26(24)41-22(14-7-9-18(20(30)11-14)28(34,35)36)21(40-25)13-6-8-17(19(29)10-13)27(31,32)33/h2-11H. The van der Waals surface area contributed by atoms with E-state index in [4.69, 9.17) is 6.57 Å². The third kappa shape index (κ3) is 4.83. The summed E-state index contributed by atoms with van der Waals surface area (Å²) in [6.45, 7) is 7.27. The Balaban J connectivity index is 1.87. The molecule has 42 heavy (non-hydrogen) atoms. The molecule has 0 unspecified atom stereocenters. The number of hydrogen-bond donors (Lipinski definition) is 0. The number of alkyl halides is 6. The van der Waals surface area contributed by atoms with Crippen LogP contribution in [0.25, 0.3) is 27.5 Å². The monoisotopic (exact) mass is 582 g/mol. The second-order valence-electron chi connectivity index (χ2n) is 8.66. The smallest absolute Gasteiger partial charge is 0.241 e. The molecule has 6 nitrogen and oxygen atoms in total. The van der Waals surface area contributed by atoms with Crippen LogP contribution in [-0.2, 0) is 12.4 Å². The molecule has 0 saturated carbocycles. The molecule has 0 aliphatic heterocycles. The van der Waals surface area contributed by atoms with Crippen molar-refractivity contribution in [3.05, 3.63) is 117 Å². The number of halogens is 8. The van der Waals surface area contributed by atoms with Gasteiger partial charge in [-0.25, -0.2) is 18.7 Å². The van der Waals surface area contributed by atoms with Gasteiger partial charge in [0.1, 0.15) is 28.7 Å². The lowest BCUT2D eigenvalue weighted by molar-refractivity contribution is -0.140. The van der Waals surface area contributed by atoms with E-state index in [0.29, 0.717) is 35.4 Å². The number of aromatic nitrogens is 2. The zero-order chi connectivity index (χ0) is 30.4. The van der Waals surface area contributed by atoms with Crippen molar-refractivity contribution < 1.29 is 35.1 Å². The fourth-order valence-corrected chi connectivity index (χ4v) is 4.42. The first kappa shape index (κ1) is 28.0. The van der Waals surface area contributed by atoms with E-state index in [9.17, 15) is 40.4 Å². The van der Waals surface area contributed by atoms with Crippen LogP contribution in [-0.4, -0.2) is 21.4 Å². The largest absolute Gasteiger partial charge is 0.419 e. The van der Waals surface area contributed by atoms with Crippen molar-refractivity contribution in [2.75, 3.05) is 0 Å². The highest BCUT2D eigenvalue weighted by molar-refractivity contribution is 6.30. The molecular weight excluding hydrogens is 572 g/mol. The number of fused-ring (bicyclic) bond motifs is 2. The molecule has 5 rings (SSSR count). The van der Waals surface area contributed by atoms with Gasteiger partial charge in [0.25, 0.3) is 0 Å². The van der Waals surface area contributed by atoms with Crippen LogP contribution < -0.4 is 0 Å². The van der Waals surface area contributed by atoms with Gasteiger partial charge in [0.05, 0.1) is 27.6 Å². The van der Waals surface area contributed by atoms with E-state index in [1.807, 2.05) is 0 Å². The van der Waals surface area contributed by atoms with Gasteiger partial charge in [0.15, 0.2) is 5.71 Å². The normalized spacial score (nSPS) is 14.7. The third-order valence-corrected chi connectivity index (χ3v) is 6.19. The summed E-state index contributed by atoms with van der Waals surface area (Å²) in [6.07, 6.45) is -8.46. The first-order chi connectivity index (χ1) is 19.8. The van der Waals surface area contributed by atoms with Crippen molar-refractivity contribution in [1.82, 2.24) is 9.97 Å². The molecule has 14 heteroatoms. The van der Waals surface area contributed by atoms with Gasteiger partial charge in [-0.05, 0) is 24.3 Å². The maximum absolute atomic E-state index is 14.6. The molecule has 1 aliphatic carbocycles. The predicted octanol–water partition coefficient (Wildman–Crippen LogP) is 7.43. The van der Waals surface area contributed by atoms with E-state index in [-0.39, 0.29) is 45.3 Å². The first-order valence-electron chi connectivity index (χ1n) is 11.5. The van der Waals surface area contributed by atoms with Crippen LogP contribution in [0, 0.1) is 29.7 Å². The van der Waals surface area contributed by atoms with Crippen LogP contribution in [0.3, 0.4) is 0 Å². The molecule has 0 N–H and O–H groups in total. The maximum atomic E-state index is 14.6. The number of nitrogens with zero attached hydrogens (tertiary/aromatic N) is 6. The van der Waals surface area contributed by atoms with E-state index < -0.39 is 35.1 Å². The minimum Gasteiger partial charge on any atom is -0.241 e. The summed E-state index contributed by atoms with van der Waals surface area (Å²) in [6, 6.07) is 9.84. The molecule has 1 aliphatic rings. The van der Waals surface area contributed by atoms with Crippen molar-refractivity contribution in [2.24, 2.45) is 10.1 Å². The summed E-state index contributed by atoms with van der Waals surface area (Å²) in [7, 11) is 0. The fourth-order valence-electron chi connectivity index (χ4n) is 4.42. The highest BCUT2D eigenvalue weighted by Crippen LogP contribution is 2.39. The zero-order valence-corrected chi connectivity index (χ0v) is 20.5. The Hall–Kier alpha value is -5.50. The SMILES string of the molecule is [C-]#[N+]N=C1c2ccccc2C(=NC#N)c2nc(-c3ccc(C(F)(F)F)c(F)c3)c(-c3ccc(C(F)(F)F)c(F)c3)nc21. The van der Waals surface area contributed by atoms with Gasteiger partial charge >= 0.3 is 12.4 Å². The van der Waals surface area contributed by atoms with Crippen LogP contribution in [0.15, 0.2) is 70.8 Å². The fraction of sp³-hybridized carbons (Fsp3) is 0.0714. The lowest BCUT2D eigenvalue weighted by Crippen LogP contribution is -2.25. The molecule has 0 spiro atoms. The molecule has 208 valence electrons. The molecular formula is C28H10F8N6. The van der Waals surface area contributed by atoms with Crippen molar-refractivity contribution in [3.63, 3.8) is 0 Å². The van der Waals surface area contributed by atoms with Crippen molar-refractivity contribution in [3.8, 4) is 28.7 Å². The summed E-state index contributed by atoms with van der Waals surface area (Å²) in [4.78, 5) is 15.6. The molecule has 0 saturated heterocycles. The van der Waals surface area contributed by atoms with Crippen molar-refractivity contribution in [2.45, 2.75) is 12.4 Å². The molecule has 1 aromatic heterocycles. The highest BCUT2D eigenvalue weighted by Gasteiger charge is 2.37. The van der Waals surface area contributed by atoms with Crippen LogP contribution >= 0.6 is 0 Å². The van der Waals surface area contributed by atoms with Crippen LogP contribution in [0.1, 0.15) is 33.6 Å². The summed E-state index contributed by atoms with van der Waals surface area (Å²) in [5.74, 6) is -3.37. The highest BCUT2D eigenvalue weighted by atomic mass is 19.4.